The Morgan fingerprint density at radius 2 is 1.73 bits per heavy atom. The number of ether oxygens (including phenoxy) is 1. The molecule has 0 aliphatic heterocycles. The van der Waals surface area contributed by atoms with Gasteiger partial charge in [-0.15, -0.1) is 0 Å². The third kappa shape index (κ3) is 5.37. The van der Waals surface area contributed by atoms with Gasteiger partial charge in [0.2, 0.25) is 0 Å². The highest BCUT2D eigenvalue weighted by Crippen LogP contribution is 2.14. The molecule has 0 saturated carbocycles. The predicted molar refractivity (Wildman–Crippen MR) is 84.9 cm³/mol. The zero-order chi connectivity index (χ0) is 16.9. The highest BCUT2D eigenvalue weighted by Gasteiger charge is 2.31. The second kappa shape index (κ2) is 7.26. The van der Waals surface area contributed by atoms with Crippen LogP contribution in [-0.4, -0.2) is 47.6 Å². The number of hydrogen-bond donors (Lipinski definition) is 1. The average Bonchev–Trinajstić information content (AvgIpc) is 2.42. The normalized spacial score (nSPS) is 12.5. The summed E-state index contributed by atoms with van der Waals surface area (Å²) in [7, 11) is 3.01. The Balaban J connectivity index is 2.95. The highest BCUT2D eigenvalue weighted by molar-refractivity contribution is 5.85. The average molecular weight is 307 g/mol. The summed E-state index contributed by atoms with van der Waals surface area (Å²) in [5.41, 5.74) is 0.318. The van der Waals surface area contributed by atoms with Crippen LogP contribution in [0.4, 0.5) is 4.79 Å². The molecule has 1 aromatic carbocycles. The fraction of sp³-hybridized carbons (Fsp3) is 0.500. The SMILES string of the molecule is CN(N)C(=O)[C@@H](Cc1ccccc1)N(C)C(=O)OC(C)(C)C. The van der Waals surface area contributed by atoms with Gasteiger partial charge in [-0.1, -0.05) is 30.3 Å². The number of benzene rings is 1. The van der Waals surface area contributed by atoms with Crippen LogP contribution in [-0.2, 0) is 16.0 Å². The molecule has 2 amide bonds. The molecule has 0 radical (unpaired) electrons. The number of nitrogens with two attached hydrogens (primary N) is 1. The van der Waals surface area contributed by atoms with Crippen LogP contribution in [0.2, 0.25) is 0 Å². The number of hydrogen-bond acceptors (Lipinski definition) is 4. The van der Waals surface area contributed by atoms with E-state index in [-0.39, 0.29) is 5.91 Å². The first kappa shape index (κ1) is 18.0. The quantitative estimate of drug-likeness (QED) is 0.523. The minimum Gasteiger partial charge on any atom is -0.444 e. The first-order chi connectivity index (χ1) is 10.1. The molecule has 6 heteroatoms. The molecule has 0 fully saturated rings. The lowest BCUT2D eigenvalue weighted by Gasteiger charge is -2.31. The van der Waals surface area contributed by atoms with Gasteiger partial charge in [0.05, 0.1) is 0 Å². The van der Waals surface area contributed by atoms with E-state index >= 15 is 0 Å². The summed E-state index contributed by atoms with van der Waals surface area (Å²) >= 11 is 0. The molecule has 1 atom stereocenters. The first-order valence-electron chi connectivity index (χ1n) is 7.14. The summed E-state index contributed by atoms with van der Waals surface area (Å²) in [6.07, 6.45) is -0.180. The number of amides is 2. The van der Waals surface area contributed by atoms with Gasteiger partial charge in [0.25, 0.3) is 5.91 Å². The van der Waals surface area contributed by atoms with Crippen LogP contribution in [0.5, 0.6) is 0 Å². The Bertz CT molecular complexity index is 509. The van der Waals surface area contributed by atoms with Crippen LogP contribution in [0, 0.1) is 0 Å². The molecule has 0 unspecified atom stereocenters. The summed E-state index contributed by atoms with van der Waals surface area (Å²) in [6.45, 7) is 5.34. The molecular formula is C16H25N3O3. The molecule has 0 spiro atoms. The number of hydrazine groups is 1. The van der Waals surface area contributed by atoms with Crippen LogP contribution < -0.4 is 5.84 Å². The van der Waals surface area contributed by atoms with Gasteiger partial charge in [-0.25, -0.2) is 10.6 Å². The second-order valence-corrected chi connectivity index (χ2v) is 6.25. The van der Waals surface area contributed by atoms with Crippen molar-refractivity contribution >= 4 is 12.0 Å². The first-order valence-corrected chi connectivity index (χ1v) is 7.14. The van der Waals surface area contributed by atoms with Crippen molar-refractivity contribution in [2.45, 2.75) is 38.8 Å². The molecule has 0 aromatic heterocycles. The van der Waals surface area contributed by atoms with Crippen LogP contribution >= 0.6 is 0 Å². The molecular weight excluding hydrogens is 282 g/mol. The van der Waals surface area contributed by atoms with Crippen molar-refractivity contribution in [2.75, 3.05) is 14.1 Å². The standard InChI is InChI=1S/C16H25N3O3/c1-16(2,3)22-15(21)18(4)13(14(20)19(5)17)11-12-9-7-6-8-10-12/h6-10,13H,11,17H2,1-5H3/t13-/m1/s1. The molecule has 0 aliphatic rings. The maximum absolute atomic E-state index is 12.3. The van der Waals surface area contributed by atoms with Crippen molar-refractivity contribution in [1.29, 1.82) is 0 Å². The summed E-state index contributed by atoms with van der Waals surface area (Å²) in [4.78, 5) is 25.8. The maximum atomic E-state index is 12.3. The number of carbonyl (C=O) groups excluding carboxylic acids is 2. The van der Waals surface area contributed by atoms with Gasteiger partial charge >= 0.3 is 6.09 Å². The molecule has 6 nitrogen and oxygen atoms in total. The molecule has 0 saturated heterocycles. The third-order valence-corrected chi connectivity index (χ3v) is 3.05. The van der Waals surface area contributed by atoms with Gasteiger partial charge in [-0.05, 0) is 26.3 Å². The van der Waals surface area contributed by atoms with Gasteiger partial charge in [-0.3, -0.25) is 14.7 Å². The van der Waals surface area contributed by atoms with Crippen molar-refractivity contribution < 1.29 is 14.3 Å². The summed E-state index contributed by atoms with van der Waals surface area (Å²) in [6, 6.07) is 8.76. The highest BCUT2D eigenvalue weighted by atomic mass is 16.6. The van der Waals surface area contributed by atoms with Gasteiger partial charge in [0.15, 0.2) is 0 Å². The molecule has 22 heavy (non-hydrogen) atoms. The fourth-order valence-electron chi connectivity index (χ4n) is 1.92. The lowest BCUT2D eigenvalue weighted by molar-refractivity contribution is -0.135. The topological polar surface area (TPSA) is 75.9 Å². The zero-order valence-electron chi connectivity index (χ0n) is 13.9. The van der Waals surface area contributed by atoms with Crippen molar-refractivity contribution in [3.63, 3.8) is 0 Å². The largest absolute Gasteiger partial charge is 0.444 e. The Labute approximate surface area is 131 Å². The van der Waals surface area contributed by atoms with Gasteiger partial charge in [0.1, 0.15) is 11.6 Å². The van der Waals surface area contributed by atoms with E-state index in [9.17, 15) is 9.59 Å². The van der Waals surface area contributed by atoms with E-state index in [1.165, 1.54) is 11.9 Å². The molecule has 2 N–H and O–H groups in total. The van der Waals surface area contributed by atoms with Crippen molar-refractivity contribution in [3.05, 3.63) is 35.9 Å². The molecule has 122 valence electrons. The van der Waals surface area contributed by atoms with E-state index < -0.39 is 17.7 Å². The summed E-state index contributed by atoms with van der Waals surface area (Å²) < 4.78 is 5.32. The monoisotopic (exact) mass is 307 g/mol. The molecule has 0 aliphatic carbocycles. The van der Waals surface area contributed by atoms with Crippen LogP contribution in [0.1, 0.15) is 26.3 Å². The van der Waals surface area contributed by atoms with Gasteiger partial charge in [-0.2, -0.15) is 0 Å². The Hall–Kier alpha value is -2.08. The van der Waals surface area contributed by atoms with E-state index in [2.05, 4.69) is 0 Å². The third-order valence-electron chi connectivity index (χ3n) is 3.05. The van der Waals surface area contributed by atoms with Crippen LogP contribution in [0.25, 0.3) is 0 Å². The van der Waals surface area contributed by atoms with Crippen LogP contribution in [0.15, 0.2) is 30.3 Å². The van der Waals surface area contributed by atoms with Gasteiger partial charge in [0, 0.05) is 20.5 Å². The van der Waals surface area contributed by atoms with E-state index in [4.69, 9.17) is 10.6 Å². The van der Waals surface area contributed by atoms with E-state index in [0.29, 0.717) is 6.42 Å². The molecule has 0 bridgehead atoms. The van der Waals surface area contributed by atoms with E-state index in [1.54, 1.807) is 27.8 Å². The zero-order valence-corrected chi connectivity index (χ0v) is 13.9. The van der Waals surface area contributed by atoms with Crippen molar-refractivity contribution in [3.8, 4) is 0 Å². The van der Waals surface area contributed by atoms with Gasteiger partial charge < -0.3 is 4.74 Å². The van der Waals surface area contributed by atoms with E-state index in [1.807, 2.05) is 30.3 Å². The molecule has 1 rings (SSSR count). The Morgan fingerprint density at radius 1 is 1.18 bits per heavy atom. The fourth-order valence-corrected chi connectivity index (χ4v) is 1.92. The second-order valence-electron chi connectivity index (χ2n) is 6.25. The Kier molecular flexibility index (Phi) is 5.93. The van der Waals surface area contributed by atoms with Crippen LogP contribution in [0.3, 0.4) is 0 Å². The number of carbonyl (C=O) groups is 2. The summed E-state index contributed by atoms with van der Waals surface area (Å²) in [5.74, 6) is 5.21. The van der Waals surface area contributed by atoms with E-state index in [0.717, 1.165) is 10.6 Å². The predicted octanol–water partition coefficient (Wildman–Crippen LogP) is 1.80. The van der Waals surface area contributed by atoms with Crippen molar-refractivity contribution in [1.82, 2.24) is 9.91 Å². The molecule has 0 heterocycles. The minimum absolute atomic E-state index is 0.350. The number of likely N-dealkylation sites (N-methyl/N-ethyl adjacent to an activating group) is 2. The molecule has 1 aromatic rings. The number of nitrogens with zero attached hydrogens (tertiary/aromatic N) is 2. The smallest absolute Gasteiger partial charge is 0.410 e. The lowest BCUT2D eigenvalue weighted by atomic mass is 10.0. The lowest BCUT2D eigenvalue weighted by Crippen LogP contribution is -2.52. The summed E-state index contributed by atoms with van der Waals surface area (Å²) in [5, 5.41) is 0.995. The minimum atomic E-state index is -0.716. The Morgan fingerprint density at radius 3 is 2.18 bits per heavy atom. The maximum Gasteiger partial charge on any atom is 0.410 e. The number of rotatable bonds is 4. The van der Waals surface area contributed by atoms with Crippen molar-refractivity contribution in [2.24, 2.45) is 5.84 Å².